The second-order valence-electron chi connectivity index (χ2n) is 3.22. The first-order valence-electron chi connectivity index (χ1n) is 4.54. The van der Waals surface area contributed by atoms with Crippen molar-refractivity contribution in [1.82, 2.24) is 15.2 Å². The molecule has 0 amide bonds. The van der Waals surface area contributed by atoms with Crippen LogP contribution >= 0.6 is 0 Å². The molecular formula is C10H12N5+. The van der Waals surface area contributed by atoms with Gasteiger partial charge in [0.25, 0.3) is 0 Å². The number of aromatic amines is 1. The highest BCUT2D eigenvalue weighted by Crippen LogP contribution is 2.17. The van der Waals surface area contributed by atoms with E-state index in [-0.39, 0.29) is 0 Å². The van der Waals surface area contributed by atoms with E-state index in [1.165, 1.54) is 12.4 Å². The van der Waals surface area contributed by atoms with Gasteiger partial charge < -0.3 is 5.73 Å². The number of aromatic nitrogens is 3. The zero-order valence-corrected chi connectivity index (χ0v) is 8.36. The van der Waals surface area contributed by atoms with E-state index >= 15 is 0 Å². The lowest BCUT2D eigenvalue weighted by molar-refractivity contribution is -0.103. The molecule has 15 heavy (non-hydrogen) atoms. The van der Waals surface area contributed by atoms with Crippen molar-refractivity contribution in [3.63, 3.8) is 0 Å². The van der Waals surface area contributed by atoms with Gasteiger partial charge in [0.15, 0.2) is 6.21 Å². The predicted octanol–water partition coefficient (Wildman–Crippen LogP) is -0.604. The lowest BCUT2D eigenvalue weighted by Crippen LogP contribution is -2.30. The molecular weight excluding hydrogens is 190 g/mol. The van der Waals surface area contributed by atoms with Crippen molar-refractivity contribution in [3.05, 3.63) is 29.9 Å². The lowest BCUT2D eigenvalue weighted by atomic mass is 10.1. The summed E-state index contributed by atoms with van der Waals surface area (Å²) < 4.78 is 0. The van der Waals surface area contributed by atoms with Crippen LogP contribution in [0.4, 0.5) is 0 Å². The monoisotopic (exact) mass is 202 g/mol. The van der Waals surface area contributed by atoms with Crippen LogP contribution in [0.2, 0.25) is 0 Å². The number of H-pyrrole nitrogens is 1. The van der Waals surface area contributed by atoms with Crippen LogP contribution in [0.5, 0.6) is 0 Å². The quantitative estimate of drug-likeness (QED) is 0.567. The van der Waals surface area contributed by atoms with E-state index in [1.807, 2.05) is 13.0 Å². The molecule has 76 valence electrons. The Balaban J connectivity index is 2.64. The molecule has 0 aliphatic rings. The van der Waals surface area contributed by atoms with E-state index in [9.17, 15) is 0 Å². The molecule has 0 aliphatic heterocycles. The van der Waals surface area contributed by atoms with Crippen molar-refractivity contribution < 1.29 is 5.41 Å². The van der Waals surface area contributed by atoms with Crippen molar-refractivity contribution in [2.45, 2.75) is 6.92 Å². The fraction of sp³-hybridized carbons (Fsp3) is 0.100. The number of rotatable bonds is 2. The minimum absolute atomic E-state index is 0.706. The Hall–Kier alpha value is -2.17. The van der Waals surface area contributed by atoms with Gasteiger partial charge in [0.1, 0.15) is 5.52 Å². The topological polar surface area (TPSA) is 93.2 Å². The fourth-order valence-corrected chi connectivity index (χ4v) is 1.43. The molecule has 0 unspecified atom stereocenters. The summed E-state index contributed by atoms with van der Waals surface area (Å²) in [5, 5.41) is 13.5. The normalized spacial score (nSPS) is 11.9. The van der Waals surface area contributed by atoms with Crippen molar-refractivity contribution in [1.29, 1.82) is 0 Å². The van der Waals surface area contributed by atoms with Gasteiger partial charge in [0.2, 0.25) is 0 Å². The number of nitrogens with zero attached hydrogens (tertiary/aromatic N) is 2. The van der Waals surface area contributed by atoms with E-state index < -0.39 is 0 Å². The van der Waals surface area contributed by atoms with E-state index in [4.69, 9.17) is 11.1 Å². The Morgan fingerprint density at radius 1 is 1.60 bits per heavy atom. The van der Waals surface area contributed by atoms with Crippen molar-refractivity contribution in [2.24, 2.45) is 5.73 Å². The Morgan fingerprint density at radius 3 is 3.07 bits per heavy atom. The number of fused-ring (bicyclic) bond motifs is 1. The Bertz CT molecular complexity index is 538. The molecule has 0 spiro atoms. The summed E-state index contributed by atoms with van der Waals surface area (Å²) in [7, 11) is 0. The minimum Gasteiger partial charge on any atom is -0.404 e. The average Bonchev–Trinajstić information content (AvgIpc) is 2.62. The van der Waals surface area contributed by atoms with Crippen LogP contribution in [0, 0.1) is 6.92 Å². The third-order valence-electron chi connectivity index (χ3n) is 2.29. The van der Waals surface area contributed by atoms with E-state index in [0.29, 0.717) is 5.57 Å². The van der Waals surface area contributed by atoms with E-state index in [2.05, 4.69) is 15.2 Å². The Kier molecular flexibility index (Phi) is 2.21. The highest BCUT2D eigenvalue weighted by atomic mass is 15.1. The first-order valence-corrected chi connectivity index (χ1v) is 4.54. The van der Waals surface area contributed by atoms with Gasteiger partial charge in [-0.05, 0) is 13.0 Å². The maximum Gasteiger partial charge on any atom is 0.171 e. The molecule has 0 atom stereocenters. The first-order chi connectivity index (χ1) is 7.26. The molecule has 2 aromatic heterocycles. The maximum atomic E-state index is 5.44. The van der Waals surface area contributed by atoms with Crippen LogP contribution < -0.4 is 11.1 Å². The molecule has 5 nitrogen and oxygen atoms in total. The SMILES string of the molecule is Cc1[nH]nc2cnc(/C(C=[NH2+])=C/N)cc12. The van der Waals surface area contributed by atoms with Gasteiger partial charge >= 0.3 is 0 Å². The van der Waals surface area contributed by atoms with Crippen LogP contribution in [-0.4, -0.2) is 21.4 Å². The largest absolute Gasteiger partial charge is 0.404 e. The summed E-state index contributed by atoms with van der Waals surface area (Å²) in [4.78, 5) is 4.22. The molecule has 0 saturated carbocycles. The maximum absolute atomic E-state index is 5.44. The Morgan fingerprint density at radius 2 is 2.40 bits per heavy atom. The van der Waals surface area contributed by atoms with Crippen LogP contribution in [0.25, 0.3) is 16.5 Å². The molecule has 5 heteroatoms. The number of hydrogen-bond acceptors (Lipinski definition) is 3. The molecule has 2 heterocycles. The number of aryl methyl sites for hydroxylation is 1. The van der Waals surface area contributed by atoms with Gasteiger partial charge in [-0.2, -0.15) is 5.10 Å². The zero-order valence-electron chi connectivity index (χ0n) is 8.36. The minimum atomic E-state index is 0.706. The summed E-state index contributed by atoms with van der Waals surface area (Å²) in [6.07, 6.45) is 4.56. The van der Waals surface area contributed by atoms with Crippen molar-refractivity contribution >= 4 is 22.7 Å². The number of allylic oxidation sites excluding steroid dienone is 1. The average molecular weight is 202 g/mol. The first kappa shape index (κ1) is 9.39. The zero-order chi connectivity index (χ0) is 10.8. The van der Waals surface area contributed by atoms with Gasteiger partial charge in [-0.25, -0.2) is 0 Å². The summed E-state index contributed by atoms with van der Waals surface area (Å²) in [5.74, 6) is 0. The second-order valence-corrected chi connectivity index (χ2v) is 3.22. The number of nitrogens with one attached hydrogen (secondary N) is 1. The van der Waals surface area contributed by atoms with Gasteiger partial charge in [0.05, 0.1) is 17.5 Å². The number of nitrogens with two attached hydrogens (primary N) is 2. The molecule has 0 saturated heterocycles. The molecule has 0 fully saturated rings. The third-order valence-corrected chi connectivity index (χ3v) is 2.29. The number of hydrogen-bond donors (Lipinski definition) is 3. The highest BCUT2D eigenvalue weighted by molar-refractivity contribution is 6.06. The van der Waals surface area contributed by atoms with Gasteiger partial charge in [-0.15, -0.1) is 0 Å². The molecule has 0 bridgehead atoms. The summed E-state index contributed by atoms with van der Waals surface area (Å²) in [6.45, 7) is 1.96. The third kappa shape index (κ3) is 1.48. The van der Waals surface area contributed by atoms with Gasteiger partial charge in [0, 0.05) is 17.3 Å². The summed E-state index contributed by atoms with van der Waals surface area (Å²) >= 11 is 0. The van der Waals surface area contributed by atoms with Crippen LogP contribution in [-0.2, 0) is 0 Å². The smallest absolute Gasteiger partial charge is 0.171 e. The Labute approximate surface area is 86.5 Å². The van der Waals surface area contributed by atoms with Crippen molar-refractivity contribution in [3.8, 4) is 0 Å². The predicted molar refractivity (Wildman–Crippen MR) is 58.8 cm³/mol. The second kappa shape index (κ2) is 3.53. The highest BCUT2D eigenvalue weighted by Gasteiger charge is 2.06. The number of pyridine rings is 1. The van der Waals surface area contributed by atoms with Gasteiger partial charge in [-0.3, -0.25) is 15.5 Å². The molecule has 2 rings (SSSR count). The van der Waals surface area contributed by atoms with Crippen LogP contribution in [0.15, 0.2) is 18.5 Å². The molecule has 0 aromatic carbocycles. The standard InChI is InChI=1S/C10H11N5/c1-6-8-2-9(7(3-11)4-12)13-5-10(8)15-14-6/h2-5,11H,12H2,1H3,(H,14,15)/p+1/b7-4+,11-3?. The molecule has 2 aromatic rings. The van der Waals surface area contributed by atoms with Crippen LogP contribution in [0.3, 0.4) is 0 Å². The van der Waals surface area contributed by atoms with Crippen LogP contribution in [0.1, 0.15) is 11.4 Å². The molecule has 0 radical (unpaired) electrons. The van der Waals surface area contributed by atoms with E-state index in [0.717, 1.165) is 22.3 Å². The van der Waals surface area contributed by atoms with Crippen molar-refractivity contribution in [2.75, 3.05) is 0 Å². The molecule has 0 aliphatic carbocycles. The van der Waals surface area contributed by atoms with Gasteiger partial charge in [-0.1, -0.05) is 0 Å². The fourth-order valence-electron chi connectivity index (χ4n) is 1.43. The summed E-state index contributed by atoms with van der Waals surface area (Å²) in [5.41, 5.74) is 8.73. The molecule has 5 N–H and O–H groups in total. The lowest BCUT2D eigenvalue weighted by Gasteiger charge is -1.97. The summed E-state index contributed by atoms with van der Waals surface area (Å²) in [6, 6.07) is 1.91. The van der Waals surface area contributed by atoms with E-state index in [1.54, 1.807) is 6.20 Å².